The minimum Gasteiger partial charge on any atom is -0.369 e. The van der Waals surface area contributed by atoms with Crippen molar-refractivity contribution < 1.29 is 4.79 Å². The zero-order valence-corrected chi connectivity index (χ0v) is 20.6. The summed E-state index contributed by atoms with van der Waals surface area (Å²) in [6.07, 6.45) is 13.8. The topological polar surface area (TPSA) is 84.5 Å². The number of nitrogens with one attached hydrogen (secondary N) is 1. The molecule has 1 N–H and O–H groups in total. The highest BCUT2D eigenvalue weighted by atomic mass is 32.2. The number of anilines is 1. The number of pyridine rings is 1. The molecule has 1 saturated heterocycles. The maximum atomic E-state index is 13.5. The smallest absolute Gasteiger partial charge is 0.267 e. The lowest BCUT2D eigenvalue weighted by molar-refractivity contribution is -0.123. The van der Waals surface area contributed by atoms with Crippen LogP contribution >= 0.6 is 24.0 Å². The quantitative estimate of drug-likeness (QED) is 0.303. The van der Waals surface area contributed by atoms with E-state index in [0.29, 0.717) is 32.8 Å². The number of aryl methyl sites for hydroxylation is 2. The van der Waals surface area contributed by atoms with Crippen molar-refractivity contribution in [2.24, 2.45) is 0 Å². The Balaban J connectivity index is 1.48. The molecule has 2 aliphatic rings. The molecule has 0 unspecified atom stereocenters. The first kappa shape index (κ1) is 22.8. The van der Waals surface area contributed by atoms with Crippen LogP contribution in [0.2, 0.25) is 0 Å². The fourth-order valence-corrected chi connectivity index (χ4v) is 5.93. The van der Waals surface area contributed by atoms with Gasteiger partial charge in [-0.25, -0.2) is 9.97 Å². The molecule has 3 aromatic heterocycles. The van der Waals surface area contributed by atoms with Crippen molar-refractivity contribution in [3.8, 4) is 0 Å². The zero-order valence-electron chi connectivity index (χ0n) is 18.9. The van der Waals surface area contributed by atoms with Crippen LogP contribution in [-0.2, 0) is 11.3 Å². The molecule has 0 spiro atoms. The molecule has 10 heteroatoms. The number of carbonyl (C=O) groups is 1. The predicted octanol–water partition coefficient (Wildman–Crippen LogP) is 3.85. The number of fused-ring (bicyclic) bond motifs is 1. The van der Waals surface area contributed by atoms with Crippen LogP contribution in [0.25, 0.3) is 11.7 Å². The van der Waals surface area contributed by atoms with Crippen molar-refractivity contribution in [3.63, 3.8) is 0 Å². The number of aromatic nitrogens is 4. The van der Waals surface area contributed by atoms with E-state index >= 15 is 0 Å². The van der Waals surface area contributed by atoms with Crippen LogP contribution in [0, 0.1) is 6.92 Å². The summed E-state index contributed by atoms with van der Waals surface area (Å²) < 4.78 is 4.11. The largest absolute Gasteiger partial charge is 0.369 e. The third-order valence-electron chi connectivity index (χ3n) is 6.32. The number of thioether (sulfide) groups is 1. The predicted molar refractivity (Wildman–Crippen MR) is 139 cm³/mol. The monoisotopic (exact) mass is 494 g/mol. The molecule has 0 bridgehead atoms. The number of hydrogen-bond donors (Lipinski definition) is 1. The molecular formula is C24H26N6O2S2. The van der Waals surface area contributed by atoms with Gasteiger partial charge in [0.25, 0.3) is 11.5 Å². The van der Waals surface area contributed by atoms with Gasteiger partial charge in [0.1, 0.15) is 15.8 Å². The van der Waals surface area contributed by atoms with Gasteiger partial charge in [0, 0.05) is 37.7 Å². The van der Waals surface area contributed by atoms with Crippen molar-refractivity contribution in [2.45, 2.75) is 51.6 Å². The summed E-state index contributed by atoms with van der Waals surface area (Å²) in [6, 6.07) is 3.92. The van der Waals surface area contributed by atoms with E-state index in [1.54, 1.807) is 29.7 Å². The van der Waals surface area contributed by atoms with Crippen molar-refractivity contribution in [1.82, 2.24) is 23.8 Å². The van der Waals surface area contributed by atoms with Crippen LogP contribution in [-0.4, -0.2) is 46.6 Å². The molecule has 1 saturated carbocycles. The molecule has 0 radical (unpaired) electrons. The van der Waals surface area contributed by atoms with Gasteiger partial charge in [-0.1, -0.05) is 42.9 Å². The Morgan fingerprint density at radius 2 is 2.09 bits per heavy atom. The fourth-order valence-electron chi connectivity index (χ4n) is 4.55. The Morgan fingerprint density at radius 1 is 1.26 bits per heavy atom. The number of rotatable bonds is 7. The molecule has 1 amide bonds. The summed E-state index contributed by atoms with van der Waals surface area (Å²) >= 11 is 6.81. The Labute approximate surface area is 207 Å². The maximum Gasteiger partial charge on any atom is 0.267 e. The standard InChI is InChI=1S/C24H26N6O2S2/c1-16-6-4-12-29-21(16)27-20(26-9-5-11-28-13-10-25-15-28)18(22(29)31)14-19-23(32)30(24(33)34-19)17-7-2-3-8-17/h4,6,10,12-15,17,26H,2-3,5,7-9,11H2,1H3/b19-14+. The van der Waals surface area contributed by atoms with Crippen LogP contribution in [0.4, 0.5) is 5.82 Å². The molecule has 0 aromatic carbocycles. The summed E-state index contributed by atoms with van der Waals surface area (Å²) in [6.45, 7) is 3.35. The van der Waals surface area contributed by atoms with E-state index in [0.717, 1.165) is 44.2 Å². The van der Waals surface area contributed by atoms with Gasteiger partial charge in [0.2, 0.25) is 0 Å². The highest BCUT2D eigenvalue weighted by molar-refractivity contribution is 8.26. The van der Waals surface area contributed by atoms with Crippen molar-refractivity contribution >= 4 is 51.7 Å². The number of thiocarbonyl (C=S) groups is 1. The van der Waals surface area contributed by atoms with Gasteiger partial charge < -0.3 is 9.88 Å². The molecule has 2 fully saturated rings. The fraction of sp³-hybridized carbons (Fsp3) is 0.375. The average molecular weight is 495 g/mol. The lowest BCUT2D eigenvalue weighted by Gasteiger charge is -2.21. The Kier molecular flexibility index (Phi) is 6.51. The third kappa shape index (κ3) is 4.39. The molecule has 8 nitrogen and oxygen atoms in total. The van der Waals surface area contributed by atoms with E-state index in [1.807, 2.05) is 29.8 Å². The molecule has 1 aliphatic carbocycles. The molecule has 3 aromatic rings. The zero-order chi connectivity index (χ0) is 23.7. The van der Waals surface area contributed by atoms with E-state index in [-0.39, 0.29) is 17.5 Å². The van der Waals surface area contributed by atoms with E-state index in [1.165, 1.54) is 16.2 Å². The van der Waals surface area contributed by atoms with Gasteiger partial charge in [0.15, 0.2) is 0 Å². The second-order valence-electron chi connectivity index (χ2n) is 8.63. The Bertz CT molecular complexity index is 1330. The second kappa shape index (κ2) is 9.71. The first-order valence-electron chi connectivity index (χ1n) is 11.5. The first-order valence-corrected chi connectivity index (χ1v) is 12.7. The van der Waals surface area contributed by atoms with E-state index in [4.69, 9.17) is 17.2 Å². The lowest BCUT2D eigenvalue weighted by atomic mass is 10.2. The van der Waals surface area contributed by atoms with Gasteiger partial charge in [-0.15, -0.1) is 0 Å². The Morgan fingerprint density at radius 3 is 2.85 bits per heavy atom. The normalized spacial score (nSPS) is 18.0. The van der Waals surface area contributed by atoms with E-state index in [2.05, 4.69) is 10.3 Å². The number of amides is 1. The maximum absolute atomic E-state index is 13.5. The lowest BCUT2D eigenvalue weighted by Crippen LogP contribution is -2.36. The van der Waals surface area contributed by atoms with Crippen molar-refractivity contribution in [2.75, 3.05) is 11.9 Å². The summed E-state index contributed by atoms with van der Waals surface area (Å²) in [5, 5.41) is 3.33. The van der Waals surface area contributed by atoms with Crippen LogP contribution in [0.3, 0.4) is 0 Å². The third-order valence-corrected chi connectivity index (χ3v) is 7.65. The molecule has 176 valence electrons. The van der Waals surface area contributed by atoms with Gasteiger partial charge in [0.05, 0.1) is 16.8 Å². The average Bonchev–Trinajstić information content (AvgIpc) is 3.57. The number of hydrogen-bond acceptors (Lipinski definition) is 7. The van der Waals surface area contributed by atoms with Gasteiger partial charge in [-0.05, 0) is 43.9 Å². The summed E-state index contributed by atoms with van der Waals surface area (Å²) in [5.74, 6) is 0.373. The number of imidazole rings is 1. The van der Waals surface area contributed by atoms with Gasteiger partial charge in [-0.3, -0.25) is 18.9 Å². The van der Waals surface area contributed by atoms with Crippen molar-refractivity contribution in [3.05, 3.63) is 63.4 Å². The molecule has 5 rings (SSSR count). The Hall–Kier alpha value is -2.98. The highest BCUT2D eigenvalue weighted by Crippen LogP contribution is 2.38. The number of nitrogens with zero attached hydrogens (tertiary/aromatic N) is 5. The molecule has 4 heterocycles. The second-order valence-corrected chi connectivity index (χ2v) is 10.3. The van der Waals surface area contributed by atoms with Crippen LogP contribution in [0.1, 0.15) is 43.2 Å². The molecule has 1 aliphatic heterocycles. The van der Waals surface area contributed by atoms with Crippen molar-refractivity contribution in [1.29, 1.82) is 0 Å². The first-order chi connectivity index (χ1) is 16.5. The number of carbonyl (C=O) groups excluding carboxylic acids is 1. The van der Waals surface area contributed by atoms with Crippen LogP contribution in [0.15, 0.2) is 46.8 Å². The van der Waals surface area contributed by atoms with Crippen LogP contribution < -0.4 is 10.9 Å². The van der Waals surface area contributed by atoms with Crippen LogP contribution in [0.5, 0.6) is 0 Å². The summed E-state index contributed by atoms with van der Waals surface area (Å²) in [4.78, 5) is 37.8. The summed E-state index contributed by atoms with van der Waals surface area (Å²) in [7, 11) is 0. The highest BCUT2D eigenvalue weighted by Gasteiger charge is 2.38. The molecule has 34 heavy (non-hydrogen) atoms. The summed E-state index contributed by atoms with van der Waals surface area (Å²) in [5.41, 5.74) is 1.66. The van der Waals surface area contributed by atoms with Gasteiger partial charge in [-0.2, -0.15) is 0 Å². The molecular weight excluding hydrogens is 468 g/mol. The minimum absolute atomic E-state index is 0.110. The molecule has 0 atom stereocenters. The van der Waals surface area contributed by atoms with Gasteiger partial charge >= 0.3 is 0 Å². The van der Waals surface area contributed by atoms with E-state index in [9.17, 15) is 9.59 Å². The SMILES string of the molecule is Cc1cccn2c(=O)c(/C=C3/SC(=S)N(C4CCCC4)C3=O)c(NCCCn3ccnc3)nc12. The van der Waals surface area contributed by atoms with E-state index < -0.39 is 0 Å². The minimum atomic E-state index is -0.211.